The minimum absolute atomic E-state index is 0.176. The summed E-state index contributed by atoms with van der Waals surface area (Å²) in [6.45, 7) is 2.32. The number of amides is 1. The number of aryl methyl sites for hydroxylation is 1. The lowest BCUT2D eigenvalue weighted by Gasteiger charge is -2.18. The second kappa shape index (κ2) is 8.47. The molecule has 0 fully saturated rings. The van der Waals surface area contributed by atoms with E-state index in [0.29, 0.717) is 12.1 Å². The van der Waals surface area contributed by atoms with Crippen molar-refractivity contribution in [1.82, 2.24) is 10.0 Å². The zero-order chi connectivity index (χ0) is 19.3. The molecule has 0 aliphatic heterocycles. The summed E-state index contributed by atoms with van der Waals surface area (Å²) in [5, 5.41) is 4.51. The maximum absolute atomic E-state index is 12.8. The lowest BCUT2D eigenvalue weighted by Crippen LogP contribution is -2.40. The first-order valence-electron chi connectivity index (χ1n) is 8.40. The fourth-order valence-electron chi connectivity index (χ4n) is 2.55. The lowest BCUT2D eigenvalue weighted by molar-refractivity contribution is -0.123. The van der Waals surface area contributed by atoms with E-state index in [2.05, 4.69) is 10.0 Å². The number of sulfonamides is 1. The summed E-state index contributed by atoms with van der Waals surface area (Å²) < 4.78 is 27.9. The quantitative estimate of drug-likeness (QED) is 0.638. The average molecular weight is 401 g/mol. The molecule has 0 bridgehead atoms. The van der Waals surface area contributed by atoms with Crippen LogP contribution in [0.4, 0.5) is 0 Å². The third-order valence-electron chi connectivity index (χ3n) is 4.02. The predicted octanol–water partition coefficient (Wildman–Crippen LogP) is 3.39. The molecule has 0 saturated heterocycles. The van der Waals surface area contributed by atoms with Crippen molar-refractivity contribution in [2.24, 2.45) is 0 Å². The van der Waals surface area contributed by atoms with E-state index >= 15 is 0 Å². The lowest BCUT2D eigenvalue weighted by atomic mass is 10.1. The smallest absolute Gasteiger partial charge is 0.251 e. The molecule has 140 valence electrons. The first-order chi connectivity index (χ1) is 13.0. The monoisotopic (exact) mass is 400 g/mol. The third kappa shape index (κ3) is 5.03. The zero-order valence-corrected chi connectivity index (χ0v) is 16.4. The Balaban J connectivity index is 1.79. The Hall–Kier alpha value is -2.48. The second-order valence-corrected chi connectivity index (χ2v) is 8.99. The van der Waals surface area contributed by atoms with Gasteiger partial charge >= 0.3 is 0 Å². The molecule has 7 heteroatoms. The van der Waals surface area contributed by atoms with E-state index in [9.17, 15) is 13.2 Å². The summed E-state index contributed by atoms with van der Waals surface area (Å²) in [6, 6.07) is 18.8. The molecule has 5 nitrogen and oxygen atoms in total. The largest absolute Gasteiger partial charge is 0.350 e. The fraction of sp³-hybridized carbons (Fsp3) is 0.150. The first kappa shape index (κ1) is 19.3. The van der Waals surface area contributed by atoms with Crippen LogP contribution >= 0.6 is 11.3 Å². The van der Waals surface area contributed by atoms with Crippen LogP contribution in [-0.2, 0) is 21.4 Å². The van der Waals surface area contributed by atoms with Crippen LogP contribution < -0.4 is 10.0 Å². The van der Waals surface area contributed by atoms with Gasteiger partial charge in [-0.05, 0) is 29.5 Å². The van der Waals surface area contributed by atoms with E-state index in [1.54, 1.807) is 35.7 Å². The van der Waals surface area contributed by atoms with Crippen LogP contribution in [0.25, 0.3) is 0 Å². The summed E-state index contributed by atoms with van der Waals surface area (Å²) in [4.78, 5) is 12.8. The summed E-state index contributed by atoms with van der Waals surface area (Å²) in [6.07, 6.45) is 0. The van der Waals surface area contributed by atoms with Crippen molar-refractivity contribution in [1.29, 1.82) is 0 Å². The van der Waals surface area contributed by atoms with Gasteiger partial charge in [-0.1, -0.05) is 66.2 Å². The summed E-state index contributed by atoms with van der Waals surface area (Å²) in [5.74, 6) is -0.401. The second-order valence-electron chi connectivity index (χ2n) is 6.10. The molecule has 3 rings (SSSR count). The maximum atomic E-state index is 12.8. The van der Waals surface area contributed by atoms with Gasteiger partial charge < -0.3 is 5.32 Å². The van der Waals surface area contributed by atoms with E-state index in [4.69, 9.17) is 0 Å². The molecule has 0 aliphatic rings. The van der Waals surface area contributed by atoms with E-state index in [0.717, 1.165) is 22.5 Å². The molecule has 0 radical (unpaired) electrons. The van der Waals surface area contributed by atoms with E-state index in [1.807, 2.05) is 37.3 Å². The highest BCUT2D eigenvalue weighted by molar-refractivity contribution is 7.91. The molecular weight excluding hydrogens is 380 g/mol. The molecule has 0 unspecified atom stereocenters. The highest BCUT2D eigenvalue weighted by atomic mass is 32.2. The minimum atomic E-state index is -3.79. The van der Waals surface area contributed by atoms with Gasteiger partial charge in [0.05, 0.1) is 0 Å². The van der Waals surface area contributed by atoms with Crippen molar-refractivity contribution < 1.29 is 13.2 Å². The topological polar surface area (TPSA) is 75.3 Å². The molecule has 1 aromatic heterocycles. The summed E-state index contributed by atoms with van der Waals surface area (Å²) >= 11 is 1.11. The van der Waals surface area contributed by atoms with E-state index in [-0.39, 0.29) is 4.21 Å². The third-order valence-corrected chi connectivity index (χ3v) is 6.84. The molecule has 2 aromatic carbocycles. The van der Waals surface area contributed by atoms with E-state index in [1.165, 1.54) is 6.07 Å². The van der Waals surface area contributed by atoms with Gasteiger partial charge in [-0.15, -0.1) is 11.3 Å². The number of carbonyl (C=O) groups is 1. The van der Waals surface area contributed by atoms with Crippen molar-refractivity contribution in [2.75, 3.05) is 0 Å². The van der Waals surface area contributed by atoms with Crippen LogP contribution in [0.15, 0.2) is 76.3 Å². The van der Waals surface area contributed by atoms with Crippen molar-refractivity contribution in [3.05, 3.63) is 88.8 Å². The Kier molecular flexibility index (Phi) is 6.05. The van der Waals surface area contributed by atoms with Gasteiger partial charge in [-0.25, -0.2) is 8.42 Å². The normalized spacial score (nSPS) is 12.5. The SMILES string of the molecule is Cc1ccc(CNC(=O)[C@@H](NS(=O)(=O)c2cccs2)c2ccccc2)cc1. The fourth-order valence-corrected chi connectivity index (χ4v) is 4.74. The van der Waals surface area contributed by atoms with Crippen LogP contribution in [0.5, 0.6) is 0 Å². The average Bonchev–Trinajstić information content (AvgIpc) is 3.22. The van der Waals surface area contributed by atoms with Gasteiger partial charge in [0, 0.05) is 6.54 Å². The molecule has 2 N–H and O–H groups in total. The van der Waals surface area contributed by atoms with Gasteiger partial charge in [0.2, 0.25) is 5.91 Å². The number of hydrogen-bond donors (Lipinski definition) is 2. The molecule has 0 spiro atoms. The number of thiophene rings is 1. The highest BCUT2D eigenvalue weighted by Crippen LogP contribution is 2.21. The number of rotatable bonds is 7. The first-order valence-corrected chi connectivity index (χ1v) is 10.8. The summed E-state index contributed by atoms with van der Waals surface area (Å²) in [7, 11) is -3.79. The van der Waals surface area contributed by atoms with Gasteiger partial charge in [-0.3, -0.25) is 4.79 Å². The molecule has 3 aromatic rings. The van der Waals surface area contributed by atoms with Gasteiger partial charge in [0.25, 0.3) is 10.0 Å². The Morgan fingerprint density at radius 3 is 2.33 bits per heavy atom. The van der Waals surface area contributed by atoms with Gasteiger partial charge in [0.1, 0.15) is 10.3 Å². The number of carbonyl (C=O) groups excluding carboxylic acids is 1. The molecule has 27 heavy (non-hydrogen) atoms. The Labute approximate surface area is 163 Å². The standard InChI is InChI=1S/C20H20N2O3S2/c1-15-9-11-16(12-10-15)14-21-20(23)19(17-6-3-2-4-7-17)22-27(24,25)18-8-5-13-26-18/h2-13,19,22H,14H2,1H3,(H,21,23)/t19-/m0/s1. The van der Waals surface area contributed by atoms with Gasteiger partial charge in [0.15, 0.2) is 0 Å². The van der Waals surface area contributed by atoms with Crippen LogP contribution in [0, 0.1) is 6.92 Å². The number of nitrogens with one attached hydrogen (secondary N) is 2. The van der Waals surface area contributed by atoms with Crippen LogP contribution in [0.3, 0.4) is 0 Å². The summed E-state index contributed by atoms with van der Waals surface area (Å²) in [5.41, 5.74) is 2.66. The van der Waals surface area contributed by atoms with Crippen LogP contribution in [0.1, 0.15) is 22.7 Å². The zero-order valence-electron chi connectivity index (χ0n) is 14.8. The predicted molar refractivity (Wildman–Crippen MR) is 107 cm³/mol. The van der Waals surface area contributed by atoms with Crippen molar-refractivity contribution in [3.8, 4) is 0 Å². The van der Waals surface area contributed by atoms with Gasteiger partial charge in [-0.2, -0.15) is 4.72 Å². The molecule has 1 heterocycles. The molecule has 0 saturated carbocycles. The molecule has 0 aliphatic carbocycles. The molecule has 1 atom stereocenters. The minimum Gasteiger partial charge on any atom is -0.350 e. The highest BCUT2D eigenvalue weighted by Gasteiger charge is 2.27. The Morgan fingerprint density at radius 2 is 1.70 bits per heavy atom. The van der Waals surface area contributed by atoms with E-state index < -0.39 is 22.0 Å². The van der Waals surface area contributed by atoms with Crippen LogP contribution in [-0.4, -0.2) is 14.3 Å². The molecule has 1 amide bonds. The van der Waals surface area contributed by atoms with Crippen molar-refractivity contribution in [2.45, 2.75) is 23.7 Å². The number of hydrogen-bond acceptors (Lipinski definition) is 4. The Bertz CT molecular complexity index is 983. The molecular formula is C20H20N2O3S2. The van der Waals surface area contributed by atoms with Crippen molar-refractivity contribution >= 4 is 27.3 Å². The van der Waals surface area contributed by atoms with Crippen molar-refractivity contribution in [3.63, 3.8) is 0 Å². The Morgan fingerprint density at radius 1 is 1.00 bits per heavy atom. The maximum Gasteiger partial charge on any atom is 0.251 e. The number of benzene rings is 2. The van der Waals surface area contributed by atoms with Crippen LogP contribution in [0.2, 0.25) is 0 Å².